The number of carbonyl (C=O) groups is 2. The molecule has 0 saturated heterocycles. The number of hydrogen-bond acceptors (Lipinski definition) is 8. The minimum atomic E-state index is -1.46. The molecule has 1 unspecified atom stereocenters. The van der Waals surface area contributed by atoms with Crippen LogP contribution in [0.4, 0.5) is 11.4 Å². The molecule has 1 N–H and O–H groups in total. The third-order valence-electron chi connectivity index (χ3n) is 4.12. The van der Waals surface area contributed by atoms with Gasteiger partial charge in [-0.25, -0.2) is 0 Å². The molecule has 0 heterocycles. The number of halogens is 2. The molecule has 0 spiro atoms. The van der Waals surface area contributed by atoms with Crippen molar-refractivity contribution in [2.75, 3.05) is 33.8 Å². The Kier molecular flexibility index (Phi) is 8.47. The van der Waals surface area contributed by atoms with Crippen molar-refractivity contribution in [1.29, 1.82) is 0 Å². The normalized spacial score (nSPS) is 11.7. The highest BCUT2D eigenvalue weighted by molar-refractivity contribution is 6.34. The Morgan fingerprint density at radius 2 is 1.52 bits per heavy atom. The number of ether oxygens (including phenoxy) is 4. The highest BCUT2D eigenvalue weighted by Gasteiger charge is 2.26. The Morgan fingerprint density at radius 3 is 2.06 bits per heavy atom. The smallest absolute Gasteiger partial charge is 0.259 e. The molecule has 0 aromatic heterocycles. The number of rotatable bonds is 9. The van der Waals surface area contributed by atoms with Crippen molar-refractivity contribution in [3.8, 4) is 23.0 Å². The van der Waals surface area contributed by atoms with Crippen molar-refractivity contribution in [3.63, 3.8) is 0 Å². The van der Waals surface area contributed by atoms with Crippen LogP contribution in [0.2, 0.25) is 10.0 Å². The van der Waals surface area contributed by atoms with Crippen LogP contribution in [0.25, 0.3) is 0 Å². The van der Waals surface area contributed by atoms with Gasteiger partial charge in [0, 0.05) is 0 Å². The fourth-order valence-electron chi connectivity index (χ4n) is 2.61. The number of ketones is 1. The zero-order valence-electron chi connectivity index (χ0n) is 17.5. The summed E-state index contributed by atoms with van der Waals surface area (Å²) in [7, 11) is 5.68. The van der Waals surface area contributed by atoms with E-state index in [1.165, 1.54) is 41.4 Å². The molecule has 2 aromatic carbocycles. The molecule has 0 aliphatic carbocycles. The summed E-state index contributed by atoms with van der Waals surface area (Å²) in [6.07, 6.45) is 0. The average Bonchev–Trinajstić information content (AvgIpc) is 2.74. The largest absolute Gasteiger partial charge is 0.494 e. The monoisotopic (exact) mass is 469 g/mol. The first kappa shape index (κ1) is 24.2. The zero-order chi connectivity index (χ0) is 23.1. The Bertz CT molecular complexity index is 1010. The van der Waals surface area contributed by atoms with E-state index in [2.05, 4.69) is 15.5 Å². The molecule has 0 saturated carbocycles. The maximum absolute atomic E-state index is 12.8. The van der Waals surface area contributed by atoms with Crippen molar-refractivity contribution in [2.24, 2.45) is 10.2 Å². The molecule has 2 aromatic rings. The minimum absolute atomic E-state index is 0.117. The van der Waals surface area contributed by atoms with Gasteiger partial charge in [0.2, 0.25) is 6.04 Å². The summed E-state index contributed by atoms with van der Waals surface area (Å²) in [6, 6.07) is 4.73. The summed E-state index contributed by atoms with van der Waals surface area (Å²) in [5, 5.41) is 10.8. The van der Waals surface area contributed by atoms with Gasteiger partial charge in [-0.3, -0.25) is 9.59 Å². The second-order valence-electron chi connectivity index (χ2n) is 6.01. The third kappa shape index (κ3) is 5.36. The van der Waals surface area contributed by atoms with Gasteiger partial charge in [0.15, 0.2) is 23.0 Å². The summed E-state index contributed by atoms with van der Waals surface area (Å²) in [4.78, 5) is 24.9. The minimum Gasteiger partial charge on any atom is -0.494 e. The number of methoxy groups -OCH3 is 4. The number of hydrogen-bond donors (Lipinski definition) is 1. The summed E-state index contributed by atoms with van der Waals surface area (Å²) in [5.41, 5.74) is 0.351. The van der Waals surface area contributed by atoms with Crippen molar-refractivity contribution in [2.45, 2.75) is 13.0 Å². The molecule has 31 heavy (non-hydrogen) atoms. The van der Waals surface area contributed by atoms with Crippen LogP contribution < -0.4 is 24.3 Å². The van der Waals surface area contributed by atoms with E-state index in [0.717, 1.165) is 0 Å². The first-order chi connectivity index (χ1) is 14.8. The van der Waals surface area contributed by atoms with Crippen molar-refractivity contribution in [3.05, 3.63) is 34.3 Å². The molecular weight excluding hydrogens is 449 g/mol. The number of Topliss-reactive ketones (excluding diaryl/α,β-unsaturated/α-hetero) is 1. The Morgan fingerprint density at radius 1 is 0.903 bits per heavy atom. The van der Waals surface area contributed by atoms with Gasteiger partial charge in [-0.15, -0.1) is 0 Å². The summed E-state index contributed by atoms with van der Waals surface area (Å²) in [5.74, 6) is -0.192. The third-order valence-corrected chi connectivity index (χ3v) is 4.79. The molecule has 11 heteroatoms. The van der Waals surface area contributed by atoms with Gasteiger partial charge < -0.3 is 24.3 Å². The van der Waals surface area contributed by atoms with E-state index in [1.807, 2.05) is 0 Å². The standard InChI is InChI=1S/C20H21Cl2N3O6/c1-10(26)16(25-24-12-7-9-14(29-3)19(31-5)15(12)22)20(27)23-17-13(28-2)8-6-11(21)18(17)30-4/h6-9,16H,1-5H3,(H,23,27). The highest BCUT2D eigenvalue weighted by Crippen LogP contribution is 2.42. The van der Waals surface area contributed by atoms with Crippen LogP contribution in [0.5, 0.6) is 23.0 Å². The predicted octanol–water partition coefficient (Wildman–Crippen LogP) is 4.71. The molecule has 1 atom stereocenters. The van der Waals surface area contributed by atoms with Gasteiger partial charge in [-0.05, 0) is 31.2 Å². The predicted molar refractivity (Wildman–Crippen MR) is 117 cm³/mol. The van der Waals surface area contributed by atoms with Crippen LogP contribution in [0.3, 0.4) is 0 Å². The number of carbonyl (C=O) groups excluding carboxylic acids is 2. The van der Waals surface area contributed by atoms with Crippen LogP contribution in [-0.2, 0) is 9.59 Å². The van der Waals surface area contributed by atoms with Crippen molar-refractivity contribution in [1.82, 2.24) is 0 Å². The summed E-state index contributed by atoms with van der Waals surface area (Å²) >= 11 is 12.4. The lowest BCUT2D eigenvalue weighted by Gasteiger charge is -2.16. The lowest BCUT2D eigenvalue weighted by Crippen LogP contribution is -2.32. The lowest BCUT2D eigenvalue weighted by molar-refractivity contribution is -0.126. The van der Waals surface area contributed by atoms with Crippen LogP contribution in [0, 0.1) is 0 Å². The number of azo groups is 1. The SMILES string of the molecule is COc1ccc(Cl)c(OC)c1NC(=O)C(N=Nc1ccc(OC)c(OC)c1Cl)C(C)=O. The van der Waals surface area contributed by atoms with E-state index < -0.39 is 17.7 Å². The van der Waals surface area contributed by atoms with Gasteiger partial charge in [0.05, 0.1) is 33.5 Å². The van der Waals surface area contributed by atoms with Gasteiger partial charge in [-0.1, -0.05) is 23.2 Å². The van der Waals surface area contributed by atoms with E-state index in [1.54, 1.807) is 18.2 Å². The van der Waals surface area contributed by atoms with Crippen LogP contribution in [0.1, 0.15) is 6.92 Å². The number of nitrogens with one attached hydrogen (secondary N) is 1. The summed E-state index contributed by atoms with van der Waals surface area (Å²) in [6.45, 7) is 1.21. The van der Waals surface area contributed by atoms with Crippen LogP contribution in [0.15, 0.2) is 34.5 Å². The highest BCUT2D eigenvalue weighted by atomic mass is 35.5. The molecule has 0 aliphatic rings. The second-order valence-corrected chi connectivity index (χ2v) is 6.80. The van der Waals surface area contributed by atoms with E-state index in [4.69, 9.17) is 42.1 Å². The van der Waals surface area contributed by atoms with E-state index >= 15 is 0 Å². The van der Waals surface area contributed by atoms with E-state index in [9.17, 15) is 9.59 Å². The quantitative estimate of drug-likeness (QED) is 0.420. The zero-order valence-corrected chi connectivity index (χ0v) is 19.0. The molecule has 166 valence electrons. The molecule has 2 rings (SSSR count). The van der Waals surface area contributed by atoms with Crippen molar-refractivity contribution < 1.29 is 28.5 Å². The summed E-state index contributed by atoms with van der Waals surface area (Å²) < 4.78 is 20.8. The first-order valence-electron chi connectivity index (χ1n) is 8.82. The maximum atomic E-state index is 12.8. The average molecular weight is 470 g/mol. The fraction of sp³-hybridized carbons (Fsp3) is 0.300. The first-order valence-corrected chi connectivity index (χ1v) is 9.57. The lowest BCUT2D eigenvalue weighted by atomic mass is 10.2. The Balaban J connectivity index is 2.38. The number of benzene rings is 2. The molecule has 9 nitrogen and oxygen atoms in total. The Labute approximate surface area is 189 Å². The topological polar surface area (TPSA) is 108 Å². The molecule has 0 aliphatic heterocycles. The number of nitrogens with zero attached hydrogens (tertiary/aromatic N) is 2. The van der Waals surface area contributed by atoms with Crippen LogP contribution >= 0.6 is 23.2 Å². The Hall–Kier alpha value is -3.04. The molecule has 1 amide bonds. The van der Waals surface area contributed by atoms with Gasteiger partial charge in [-0.2, -0.15) is 10.2 Å². The van der Waals surface area contributed by atoms with Crippen LogP contribution in [-0.4, -0.2) is 46.2 Å². The maximum Gasteiger partial charge on any atom is 0.259 e. The number of anilines is 1. The number of amides is 1. The van der Waals surface area contributed by atoms with E-state index in [-0.39, 0.29) is 38.7 Å². The van der Waals surface area contributed by atoms with E-state index in [0.29, 0.717) is 5.75 Å². The van der Waals surface area contributed by atoms with Gasteiger partial charge >= 0.3 is 0 Å². The second kappa shape index (κ2) is 10.8. The van der Waals surface area contributed by atoms with Gasteiger partial charge in [0.1, 0.15) is 22.1 Å². The molecule has 0 radical (unpaired) electrons. The molecule has 0 fully saturated rings. The van der Waals surface area contributed by atoms with Gasteiger partial charge in [0.25, 0.3) is 5.91 Å². The fourth-order valence-corrected chi connectivity index (χ4v) is 3.12. The molecule has 0 bridgehead atoms. The van der Waals surface area contributed by atoms with Crippen molar-refractivity contribution >= 4 is 46.3 Å². The molecular formula is C20H21Cl2N3O6.